The van der Waals surface area contributed by atoms with E-state index in [0.29, 0.717) is 5.56 Å². The van der Waals surface area contributed by atoms with Gasteiger partial charge < -0.3 is 10.2 Å². The Morgan fingerprint density at radius 2 is 1.29 bits per heavy atom. The van der Waals surface area contributed by atoms with Gasteiger partial charge in [0.1, 0.15) is 0 Å². The van der Waals surface area contributed by atoms with Crippen molar-refractivity contribution in [2.24, 2.45) is 0 Å². The molecule has 0 unspecified atom stereocenters. The summed E-state index contributed by atoms with van der Waals surface area (Å²) in [4.78, 5) is 22.9. The number of hydrogen-bond acceptors (Lipinski definition) is 2. The highest BCUT2D eigenvalue weighted by Gasteiger charge is 2.32. The van der Waals surface area contributed by atoms with E-state index in [0.717, 1.165) is 5.56 Å². The summed E-state index contributed by atoms with van der Waals surface area (Å²) in [6, 6.07) is 17.7. The summed E-state index contributed by atoms with van der Waals surface area (Å²) in [7, 11) is 0. The van der Waals surface area contributed by atoms with E-state index in [1.54, 1.807) is 54.6 Å². The standard InChI is InChI=1S/C17H16O4/c18-15(19)11-14(12-7-3-1-4-8-12)16(17(20)21)13-9-5-2-6-10-13/h1-10,14,16H,11H2,(H,18,19)(H,20,21)/t14-,16+/m1/s1. The van der Waals surface area contributed by atoms with Crippen LogP contribution in [0.25, 0.3) is 0 Å². The summed E-state index contributed by atoms with van der Waals surface area (Å²) in [5.41, 5.74) is 1.33. The molecule has 4 heteroatoms. The average molecular weight is 284 g/mol. The summed E-state index contributed by atoms with van der Waals surface area (Å²) in [5.74, 6) is -3.52. The summed E-state index contributed by atoms with van der Waals surface area (Å²) in [6.07, 6.45) is -0.226. The molecule has 0 spiro atoms. The van der Waals surface area contributed by atoms with Gasteiger partial charge in [0.15, 0.2) is 0 Å². The highest BCUT2D eigenvalue weighted by molar-refractivity contribution is 5.79. The highest BCUT2D eigenvalue weighted by atomic mass is 16.4. The normalized spacial score (nSPS) is 13.3. The molecule has 0 aliphatic heterocycles. The number of rotatable bonds is 6. The van der Waals surface area contributed by atoms with Crippen LogP contribution in [-0.2, 0) is 9.59 Å². The van der Waals surface area contributed by atoms with Crippen molar-refractivity contribution >= 4 is 11.9 Å². The van der Waals surface area contributed by atoms with Crippen LogP contribution in [0, 0.1) is 0 Å². The molecule has 0 heterocycles. The molecule has 108 valence electrons. The molecule has 2 aromatic rings. The number of benzene rings is 2. The SMILES string of the molecule is O=C(O)C[C@H](c1ccccc1)[C@@H](C(=O)O)c1ccccc1. The van der Waals surface area contributed by atoms with E-state index in [9.17, 15) is 14.7 Å². The zero-order valence-corrected chi connectivity index (χ0v) is 11.3. The largest absolute Gasteiger partial charge is 0.481 e. The van der Waals surface area contributed by atoms with Gasteiger partial charge in [-0.05, 0) is 11.1 Å². The van der Waals surface area contributed by atoms with Gasteiger partial charge in [0.25, 0.3) is 0 Å². The number of aliphatic carboxylic acids is 2. The van der Waals surface area contributed by atoms with E-state index in [1.165, 1.54) is 0 Å². The number of carboxylic acids is 2. The fourth-order valence-corrected chi connectivity index (χ4v) is 2.52. The predicted molar refractivity (Wildman–Crippen MR) is 78.3 cm³/mol. The quantitative estimate of drug-likeness (QED) is 0.854. The first-order valence-corrected chi connectivity index (χ1v) is 6.64. The zero-order valence-electron chi connectivity index (χ0n) is 11.3. The van der Waals surface area contributed by atoms with Crippen LogP contribution in [-0.4, -0.2) is 22.2 Å². The van der Waals surface area contributed by atoms with Gasteiger partial charge in [0.2, 0.25) is 0 Å². The highest BCUT2D eigenvalue weighted by Crippen LogP contribution is 2.35. The second-order valence-corrected chi connectivity index (χ2v) is 4.84. The lowest BCUT2D eigenvalue weighted by Crippen LogP contribution is -2.22. The molecular weight excluding hydrogens is 268 g/mol. The summed E-state index contributed by atoms with van der Waals surface area (Å²) in [6.45, 7) is 0. The van der Waals surface area contributed by atoms with Gasteiger partial charge in [-0.1, -0.05) is 60.7 Å². The Morgan fingerprint density at radius 1 is 0.810 bits per heavy atom. The number of hydrogen-bond donors (Lipinski definition) is 2. The van der Waals surface area contributed by atoms with Crippen LogP contribution in [0.2, 0.25) is 0 Å². The third-order valence-electron chi connectivity index (χ3n) is 3.45. The minimum atomic E-state index is -1.02. The number of carboxylic acid groups (broad SMARTS) is 2. The minimum absolute atomic E-state index is 0.226. The van der Waals surface area contributed by atoms with Crippen LogP contribution in [0.15, 0.2) is 60.7 Å². The first-order valence-electron chi connectivity index (χ1n) is 6.64. The lowest BCUT2D eigenvalue weighted by Gasteiger charge is -2.23. The maximum Gasteiger partial charge on any atom is 0.311 e. The van der Waals surface area contributed by atoms with Crippen molar-refractivity contribution in [3.63, 3.8) is 0 Å². The molecule has 2 aromatic carbocycles. The molecule has 0 aliphatic rings. The van der Waals surface area contributed by atoms with E-state index < -0.39 is 23.8 Å². The molecule has 0 bridgehead atoms. The van der Waals surface area contributed by atoms with Crippen molar-refractivity contribution in [1.82, 2.24) is 0 Å². The van der Waals surface area contributed by atoms with Crippen molar-refractivity contribution in [3.8, 4) is 0 Å². The zero-order chi connectivity index (χ0) is 15.2. The maximum absolute atomic E-state index is 11.7. The van der Waals surface area contributed by atoms with Gasteiger partial charge in [-0.25, -0.2) is 0 Å². The predicted octanol–water partition coefficient (Wildman–Crippen LogP) is 3.11. The Bertz CT molecular complexity index is 607. The molecule has 0 amide bonds. The first kappa shape index (κ1) is 14.8. The van der Waals surface area contributed by atoms with Crippen LogP contribution in [0.4, 0.5) is 0 Å². The summed E-state index contributed by atoms with van der Waals surface area (Å²) in [5, 5.41) is 18.7. The monoisotopic (exact) mass is 284 g/mol. The van der Waals surface area contributed by atoms with Crippen LogP contribution >= 0.6 is 0 Å². The lowest BCUT2D eigenvalue weighted by molar-refractivity contribution is -0.140. The van der Waals surface area contributed by atoms with Crippen molar-refractivity contribution in [2.45, 2.75) is 18.3 Å². The maximum atomic E-state index is 11.7. The smallest absolute Gasteiger partial charge is 0.311 e. The topological polar surface area (TPSA) is 74.6 Å². The molecule has 0 saturated carbocycles. The van der Waals surface area contributed by atoms with Gasteiger partial charge in [-0.15, -0.1) is 0 Å². The van der Waals surface area contributed by atoms with Gasteiger partial charge >= 0.3 is 11.9 Å². The minimum Gasteiger partial charge on any atom is -0.481 e. The van der Waals surface area contributed by atoms with Gasteiger partial charge in [-0.3, -0.25) is 9.59 Å². The van der Waals surface area contributed by atoms with Gasteiger partial charge in [-0.2, -0.15) is 0 Å². The van der Waals surface area contributed by atoms with Crippen LogP contribution in [0.5, 0.6) is 0 Å². The molecule has 0 aromatic heterocycles. The van der Waals surface area contributed by atoms with E-state index in [1.807, 2.05) is 6.07 Å². The average Bonchev–Trinajstić information content (AvgIpc) is 2.48. The Morgan fingerprint density at radius 3 is 1.71 bits per heavy atom. The third kappa shape index (κ3) is 3.69. The van der Waals surface area contributed by atoms with Crippen molar-refractivity contribution < 1.29 is 19.8 Å². The molecule has 2 rings (SSSR count). The summed E-state index contributed by atoms with van der Waals surface area (Å²) >= 11 is 0. The van der Waals surface area contributed by atoms with E-state index in [2.05, 4.69) is 0 Å². The van der Waals surface area contributed by atoms with Crippen molar-refractivity contribution in [2.75, 3.05) is 0 Å². The van der Waals surface area contributed by atoms with Crippen molar-refractivity contribution in [3.05, 3.63) is 71.8 Å². The molecule has 0 fully saturated rings. The molecule has 4 nitrogen and oxygen atoms in total. The molecule has 2 N–H and O–H groups in total. The second kappa shape index (κ2) is 6.70. The van der Waals surface area contributed by atoms with Crippen LogP contribution in [0.1, 0.15) is 29.4 Å². The second-order valence-electron chi connectivity index (χ2n) is 4.84. The van der Waals surface area contributed by atoms with E-state index in [-0.39, 0.29) is 6.42 Å². The Kier molecular flexibility index (Phi) is 4.72. The lowest BCUT2D eigenvalue weighted by atomic mass is 9.79. The van der Waals surface area contributed by atoms with Crippen LogP contribution < -0.4 is 0 Å². The molecule has 0 radical (unpaired) electrons. The fraction of sp³-hybridized carbons (Fsp3) is 0.176. The molecule has 21 heavy (non-hydrogen) atoms. The third-order valence-corrected chi connectivity index (χ3v) is 3.45. The molecule has 2 atom stereocenters. The van der Waals surface area contributed by atoms with Crippen LogP contribution in [0.3, 0.4) is 0 Å². The van der Waals surface area contributed by atoms with Crippen molar-refractivity contribution in [1.29, 1.82) is 0 Å². The Hall–Kier alpha value is -2.62. The van der Waals surface area contributed by atoms with E-state index >= 15 is 0 Å². The Balaban J connectivity index is 2.46. The van der Waals surface area contributed by atoms with E-state index in [4.69, 9.17) is 5.11 Å². The fourth-order valence-electron chi connectivity index (χ4n) is 2.52. The number of carbonyl (C=O) groups is 2. The summed E-state index contributed by atoms with van der Waals surface area (Å²) < 4.78 is 0. The first-order chi connectivity index (χ1) is 10.1. The Labute approximate surface area is 122 Å². The molecular formula is C17H16O4. The molecule has 0 saturated heterocycles. The molecule has 0 aliphatic carbocycles. The van der Waals surface area contributed by atoms with Gasteiger partial charge in [0.05, 0.1) is 12.3 Å². The van der Waals surface area contributed by atoms with Gasteiger partial charge in [0, 0.05) is 5.92 Å².